The van der Waals surface area contributed by atoms with Gasteiger partial charge in [-0.3, -0.25) is 10.1 Å². The molecule has 0 saturated heterocycles. The van der Waals surface area contributed by atoms with E-state index in [1.165, 1.54) is 11.3 Å². The van der Waals surface area contributed by atoms with Gasteiger partial charge in [0, 0.05) is 10.9 Å². The molecular weight excluding hydrogens is 310 g/mol. The average molecular weight is 324 g/mol. The molecule has 1 atom stereocenters. The summed E-state index contributed by atoms with van der Waals surface area (Å²) < 4.78 is 5.56. The van der Waals surface area contributed by atoms with Crippen LogP contribution in [-0.2, 0) is 4.79 Å². The molecule has 2 aromatic rings. The predicted molar refractivity (Wildman–Crippen MR) is 82.1 cm³/mol. The van der Waals surface area contributed by atoms with E-state index in [4.69, 9.17) is 16.3 Å². The first-order chi connectivity index (χ1) is 10.1. The number of carbonyl (C=O) groups is 1. The number of halogens is 1. The van der Waals surface area contributed by atoms with E-state index in [1.54, 1.807) is 31.2 Å². The highest BCUT2D eigenvalue weighted by molar-refractivity contribution is 7.15. The van der Waals surface area contributed by atoms with Crippen LogP contribution in [0.5, 0.6) is 5.75 Å². The number of nitrogens with zero attached hydrogens (tertiary/aromatic N) is 2. The second kappa shape index (κ2) is 5.99. The van der Waals surface area contributed by atoms with Crippen molar-refractivity contribution in [2.24, 2.45) is 0 Å². The number of anilines is 1. The molecule has 1 aliphatic rings. The van der Waals surface area contributed by atoms with Gasteiger partial charge in [0.15, 0.2) is 6.10 Å². The molecule has 0 aliphatic heterocycles. The highest BCUT2D eigenvalue weighted by Gasteiger charge is 2.28. The van der Waals surface area contributed by atoms with Crippen LogP contribution in [0.25, 0.3) is 0 Å². The molecule has 0 spiro atoms. The topological polar surface area (TPSA) is 64.1 Å². The van der Waals surface area contributed by atoms with E-state index >= 15 is 0 Å². The van der Waals surface area contributed by atoms with Gasteiger partial charge in [-0.1, -0.05) is 29.0 Å². The number of rotatable bonds is 5. The summed E-state index contributed by atoms with van der Waals surface area (Å²) >= 11 is 7.31. The van der Waals surface area contributed by atoms with Gasteiger partial charge in [0.25, 0.3) is 5.91 Å². The second-order valence-electron chi connectivity index (χ2n) is 4.93. The summed E-state index contributed by atoms with van der Waals surface area (Å²) in [5.74, 6) is 0.836. The van der Waals surface area contributed by atoms with E-state index in [0.29, 0.717) is 21.8 Å². The molecule has 1 saturated carbocycles. The number of ether oxygens (including phenoxy) is 1. The van der Waals surface area contributed by atoms with Crippen molar-refractivity contribution in [1.29, 1.82) is 0 Å². The Labute approximate surface area is 131 Å². The molecule has 1 fully saturated rings. The average Bonchev–Trinajstić information content (AvgIpc) is 3.19. The Bertz CT molecular complexity index is 657. The maximum absolute atomic E-state index is 12.1. The Morgan fingerprint density at radius 3 is 3.00 bits per heavy atom. The minimum Gasteiger partial charge on any atom is -0.481 e. The number of benzene rings is 1. The number of aromatic nitrogens is 2. The Morgan fingerprint density at radius 2 is 2.29 bits per heavy atom. The Balaban J connectivity index is 1.58. The molecule has 1 aliphatic carbocycles. The van der Waals surface area contributed by atoms with Crippen molar-refractivity contribution in [1.82, 2.24) is 10.2 Å². The van der Waals surface area contributed by atoms with Crippen LogP contribution < -0.4 is 10.1 Å². The molecule has 1 aromatic heterocycles. The molecule has 0 radical (unpaired) electrons. The van der Waals surface area contributed by atoms with E-state index in [9.17, 15) is 4.79 Å². The third kappa shape index (κ3) is 3.71. The van der Waals surface area contributed by atoms with Gasteiger partial charge in [-0.25, -0.2) is 0 Å². The van der Waals surface area contributed by atoms with Gasteiger partial charge < -0.3 is 4.74 Å². The van der Waals surface area contributed by atoms with Gasteiger partial charge in [-0.15, -0.1) is 10.2 Å². The van der Waals surface area contributed by atoms with Crippen molar-refractivity contribution in [2.75, 3.05) is 5.32 Å². The molecule has 7 heteroatoms. The van der Waals surface area contributed by atoms with E-state index in [2.05, 4.69) is 15.5 Å². The SMILES string of the molecule is C[C@H](Oc1cccc(Cl)c1)C(=O)Nc1nnc(C2CC2)s1. The summed E-state index contributed by atoms with van der Waals surface area (Å²) in [4.78, 5) is 12.1. The van der Waals surface area contributed by atoms with Gasteiger partial charge in [0.1, 0.15) is 10.8 Å². The van der Waals surface area contributed by atoms with Crippen LogP contribution in [0.1, 0.15) is 30.7 Å². The second-order valence-corrected chi connectivity index (χ2v) is 6.37. The van der Waals surface area contributed by atoms with Crippen molar-refractivity contribution >= 4 is 34.0 Å². The molecule has 1 amide bonds. The lowest BCUT2D eigenvalue weighted by molar-refractivity contribution is -0.122. The van der Waals surface area contributed by atoms with Crippen molar-refractivity contribution < 1.29 is 9.53 Å². The van der Waals surface area contributed by atoms with Crippen molar-refractivity contribution in [2.45, 2.75) is 31.8 Å². The summed E-state index contributed by atoms with van der Waals surface area (Å²) in [7, 11) is 0. The van der Waals surface area contributed by atoms with E-state index in [-0.39, 0.29) is 5.91 Å². The first kappa shape index (κ1) is 14.3. The van der Waals surface area contributed by atoms with E-state index in [0.717, 1.165) is 17.8 Å². The van der Waals surface area contributed by atoms with E-state index < -0.39 is 6.10 Å². The van der Waals surface area contributed by atoms with Gasteiger partial charge in [-0.2, -0.15) is 0 Å². The quantitative estimate of drug-likeness (QED) is 0.915. The molecule has 110 valence electrons. The molecule has 1 heterocycles. The normalized spacial score (nSPS) is 15.5. The molecule has 1 N–H and O–H groups in total. The molecule has 3 rings (SSSR count). The zero-order valence-corrected chi connectivity index (χ0v) is 12.9. The molecule has 1 aromatic carbocycles. The summed E-state index contributed by atoms with van der Waals surface area (Å²) in [5, 5.41) is 12.9. The maximum atomic E-state index is 12.1. The first-order valence-corrected chi connectivity index (χ1v) is 7.88. The highest BCUT2D eigenvalue weighted by Crippen LogP contribution is 2.42. The zero-order valence-electron chi connectivity index (χ0n) is 11.4. The monoisotopic (exact) mass is 323 g/mol. The van der Waals surface area contributed by atoms with Gasteiger partial charge in [0.2, 0.25) is 5.13 Å². The van der Waals surface area contributed by atoms with Crippen LogP contribution in [0, 0.1) is 0 Å². The van der Waals surface area contributed by atoms with Crippen LogP contribution >= 0.6 is 22.9 Å². The smallest absolute Gasteiger partial charge is 0.266 e. The van der Waals surface area contributed by atoms with Crippen LogP contribution in [0.2, 0.25) is 5.02 Å². The largest absolute Gasteiger partial charge is 0.481 e. The summed E-state index contributed by atoms with van der Waals surface area (Å²) in [6.45, 7) is 1.68. The maximum Gasteiger partial charge on any atom is 0.266 e. The summed E-state index contributed by atoms with van der Waals surface area (Å²) in [6.07, 6.45) is 1.69. The summed E-state index contributed by atoms with van der Waals surface area (Å²) in [6, 6.07) is 6.95. The van der Waals surface area contributed by atoms with Crippen LogP contribution in [0.3, 0.4) is 0 Å². The number of carbonyl (C=O) groups excluding carboxylic acids is 1. The zero-order chi connectivity index (χ0) is 14.8. The molecular formula is C14H14ClN3O2S. The number of hydrogen-bond donors (Lipinski definition) is 1. The fourth-order valence-corrected chi connectivity index (χ4v) is 2.88. The molecule has 5 nitrogen and oxygen atoms in total. The lowest BCUT2D eigenvalue weighted by Gasteiger charge is -2.13. The molecule has 0 unspecified atom stereocenters. The van der Waals surface area contributed by atoms with Gasteiger partial charge >= 0.3 is 0 Å². The minimum atomic E-state index is -0.642. The number of hydrogen-bond acceptors (Lipinski definition) is 5. The third-order valence-electron chi connectivity index (χ3n) is 3.08. The Hall–Kier alpha value is -1.66. The van der Waals surface area contributed by atoms with Gasteiger partial charge in [0.05, 0.1) is 0 Å². The predicted octanol–water partition coefficient (Wildman–Crippen LogP) is 3.47. The summed E-state index contributed by atoms with van der Waals surface area (Å²) in [5.41, 5.74) is 0. The van der Waals surface area contributed by atoms with Crippen LogP contribution in [0.4, 0.5) is 5.13 Å². The Kier molecular flexibility index (Phi) is 4.07. The first-order valence-electron chi connectivity index (χ1n) is 6.68. The van der Waals surface area contributed by atoms with Crippen LogP contribution in [-0.4, -0.2) is 22.2 Å². The number of nitrogens with one attached hydrogen (secondary N) is 1. The fraction of sp³-hybridized carbons (Fsp3) is 0.357. The van der Waals surface area contributed by atoms with Crippen molar-refractivity contribution in [3.8, 4) is 5.75 Å². The highest BCUT2D eigenvalue weighted by atomic mass is 35.5. The Morgan fingerprint density at radius 1 is 1.48 bits per heavy atom. The van der Waals surface area contributed by atoms with Crippen molar-refractivity contribution in [3.05, 3.63) is 34.3 Å². The van der Waals surface area contributed by atoms with Gasteiger partial charge in [-0.05, 0) is 38.0 Å². The van der Waals surface area contributed by atoms with E-state index in [1.807, 2.05) is 0 Å². The lowest BCUT2D eigenvalue weighted by Crippen LogP contribution is -2.30. The van der Waals surface area contributed by atoms with Crippen molar-refractivity contribution in [3.63, 3.8) is 0 Å². The lowest BCUT2D eigenvalue weighted by atomic mass is 10.3. The molecule has 21 heavy (non-hydrogen) atoms. The fourth-order valence-electron chi connectivity index (χ4n) is 1.79. The third-order valence-corrected chi connectivity index (χ3v) is 4.31. The standard InChI is InChI=1S/C14H14ClN3O2S/c1-8(20-11-4-2-3-10(15)7-11)12(19)16-14-18-17-13(21-14)9-5-6-9/h2-4,7-9H,5-6H2,1H3,(H,16,18,19)/t8-/m0/s1. The number of amides is 1. The minimum absolute atomic E-state index is 0.256. The molecule has 0 bridgehead atoms. The van der Waals surface area contributed by atoms with Crippen LogP contribution in [0.15, 0.2) is 24.3 Å².